The number of amides is 1. The lowest BCUT2D eigenvalue weighted by atomic mass is 10.0. The quantitative estimate of drug-likeness (QED) is 0.576. The molecule has 0 spiro atoms. The number of fused-ring (bicyclic) bond motifs is 1. The zero-order valence-electron chi connectivity index (χ0n) is 19.8. The van der Waals surface area contributed by atoms with Crippen LogP contribution in [0.25, 0.3) is 11.1 Å². The highest BCUT2D eigenvalue weighted by Gasteiger charge is 2.34. The Balaban J connectivity index is 1.40. The van der Waals surface area contributed by atoms with Gasteiger partial charge in [-0.15, -0.1) is 0 Å². The number of aromatic hydroxyl groups is 1. The number of nitrogens with zero attached hydrogens (tertiary/aromatic N) is 3. The highest BCUT2D eigenvalue weighted by Crippen LogP contribution is 2.31. The molecule has 2 heterocycles. The van der Waals surface area contributed by atoms with E-state index in [1.807, 2.05) is 36.6 Å². The van der Waals surface area contributed by atoms with Crippen LogP contribution in [0.3, 0.4) is 0 Å². The Bertz CT molecular complexity index is 1240. The maximum Gasteiger partial charge on any atom is 0.274 e. The van der Waals surface area contributed by atoms with Gasteiger partial charge in [0.25, 0.3) is 5.91 Å². The number of carbonyl (C=O) groups is 1. The first-order valence-electron chi connectivity index (χ1n) is 12.1. The lowest BCUT2D eigenvalue weighted by Gasteiger charge is -2.35. The molecule has 3 aromatic rings. The van der Waals surface area contributed by atoms with E-state index >= 15 is 0 Å². The lowest BCUT2D eigenvalue weighted by molar-refractivity contribution is 0.0637. The van der Waals surface area contributed by atoms with Crippen molar-refractivity contribution in [3.05, 3.63) is 87.8 Å². The second kappa shape index (κ2) is 9.11. The fraction of sp³-hybridized carbons (Fsp3) is 0.357. The van der Waals surface area contributed by atoms with Gasteiger partial charge in [0.05, 0.1) is 0 Å². The minimum atomic E-state index is -0.483. The van der Waals surface area contributed by atoms with Crippen LogP contribution in [0.15, 0.2) is 65.5 Å². The largest absolute Gasteiger partial charge is 0.503 e. The molecule has 1 fully saturated rings. The van der Waals surface area contributed by atoms with Gasteiger partial charge >= 0.3 is 0 Å². The number of pyridine rings is 1. The van der Waals surface area contributed by atoms with E-state index in [1.165, 1.54) is 22.8 Å². The fourth-order valence-corrected chi connectivity index (χ4v) is 4.86. The first kappa shape index (κ1) is 22.4. The molecule has 0 atom stereocenters. The van der Waals surface area contributed by atoms with Gasteiger partial charge in [0.2, 0.25) is 5.43 Å². The summed E-state index contributed by atoms with van der Waals surface area (Å²) < 4.78 is 1.85. The number of benzene rings is 2. The van der Waals surface area contributed by atoms with E-state index in [0.717, 1.165) is 25.1 Å². The molecule has 1 amide bonds. The van der Waals surface area contributed by atoms with Crippen LogP contribution in [0.2, 0.25) is 0 Å². The van der Waals surface area contributed by atoms with Crippen molar-refractivity contribution >= 4 is 5.91 Å². The topological polar surface area (TPSA) is 65.8 Å². The van der Waals surface area contributed by atoms with Gasteiger partial charge in [-0.3, -0.25) is 14.5 Å². The highest BCUT2D eigenvalue weighted by atomic mass is 16.3. The van der Waals surface area contributed by atoms with Crippen LogP contribution in [-0.4, -0.2) is 44.0 Å². The molecule has 1 aliphatic heterocycles. The number of hydrogen-bond donors (Lipinski definition) is 1. The van der Waals surface area contributed by atoms with Crippen LogP contribution in [0.4, 0.5) is 0 Å². The molecule has 1 N–H and O–H groups in total. The Hall–Kier alpha value is -3.38. The van der Waals surface area contributed by atoms with Crippen molar-refractivity contribution in [2.24, 2.45) is 0 Å². The first-order chi connectivity index (χ1) is 16.4. The summed E-state index contributed by atoms with van der Waals surface area (Å²) in [6, 6.07) is 21.0. The lowest BCUT2D eigenvalue weighted by Crippen LogP contribution is -2.46. The Kier molecular flexibility index (Phi) is 6.00. The summed E-state index contributed by atoms with van der Waals surface area (Å²) in [5, 5.41) is 10.5. The van der Waals surface area contributed by atoms with E-state index in [9.17, 15) is 14.7 Å². The molecule has 1 aromatic heterocycles. The maximum absolute atomic E-state index is 13.0. The van der Waals surface area contributed by atoms with Crippen LogP contribution >= 0.6 is 0 Å². The second-order valence-electron chi connectivity index (χ2n) is 9.64. The Labute approximate surface area is 200 Å². The highest BCUT2D eigenvalue weighted by molar-refractivity contribution is 5.96. The molecule has 176 valence electrons. The Morgan fingerprint density at radius 2 is 1.62 bits per heavy atom. The molecule has 34 heavy (non-hydrogen) atoms. The van der Waals surface area contributed by atoms with Crippen molar-refractivity contribution in [1.82, 2.24) is 14.4 Å². The van der Waals surface area contributed by atoms with Crippen LogP contribution in [0.1, 0.15) is 48.4 Å². The van der Waals surface area contributed by atoms with Crippen LogP contribution in [0.5, 0.6) is 5.75 Å². The smallest absolute Gasteiger partial charge is 0.274 e. The second-order valence-corrected chi connectivity index (χ2v) is 9.64. The zero-order valence-corrected chi connectivity index (χ0v) is 19.8. The SMILES string of the molecule is CC(C)N1CCn2c(CN(Cc3ccc(-c4ccccc4)cc3)C3CC3)cc(=O)c(O)c2C1=O. The molecule has 0 saturated heterocycles. The van der Waals surface area contributed by atoms with E-state index in [-0.39, 0.29) is 17.6 Å². The summed E-state index contributed by atoms with van der Waals surface area (Å²) in [6.45, 7) is 6.39. The predicted octanol–water partition coefficient (Wildman–Crippen LogP) is 4.25. The Morgan fingerprint density at radius 1 is 0.941 bits per heavy atom. The molecular weight excluding hydrogens is 426 g/mol. The van der Waals surface area contributed by atoms with Gasteiger partial charge in [-0.2, -0.15) is 0 Å². The van der Waals surface area contributed by atoms with E-state index in [4.69, 9.17) is 0 Å². The number of hydrogen-bond acceptors (Lipinski definition) is 4. The van der Waals surface area contributed by atoms with Crippen molar-refractivity contribution in [2.75, 3.05) is 6.54 Å². The minimum absolute atomic E-state index is 0.0150. The van der Waals surface area contributed by atoms with Crippen LogP contribution in [-0.2, 0) is 19.6 Å². The van der Waals surface area contributed by atoms with E-state index in [1.54, 1.807) is 4.90 Å². The molecule has 2 aliphatic rings. The van der Waals surface area contributed by atoms with Crippen molar-refractivity contribution in [1.29, 1.82) is 0 Å². The third kappa shape index (κ3) is 4.38. The molecule has 1 aliphatic carbocycles. The third-order valence-corrected chi connectivity index (χ3v) is 6.90. The zero-order chi connectivity index (χ0) is 23.8. The molecule has 1 saturated carbocycles. The van der Waals surface area contributed by atoms with Crippen molar-refractivity contribution in [2.45, 2.75) is 58.4 Å². The summed E-state index contributed by atoms with van der Waals surface area (Å²) in [5.41, 5.74) is 4.04. The predicted molar refractivity (Wildman–Crippen MR) is 133 cm³/mol. The maximum atomic E-state index is 13.0. The molecule has 5 rings (SSSR count). The molecule has 6 nitrogen and oxygen atoms in total. The number of rotatable bonds is 7. The normalized spacial score (nSPS) is 15.8. The van der Waals surface area contributed by atoms with Crippen molar-refractivity contribution in [3.8, 4) is 16.9 Å². The average molecular weight is 458 g/mol. The van der Waals surface area contributed by atoms with E-state index in [0.29, 0.717) is 25.7 Å². The summed E-state index contributed by atoms with van der Waals surface area (Å²) in [5.74, 6) is -0.708. The molecule has 0 radical (unpaired) electrons. The summed E-state index contributed by atoms with van der Waals surface area (Å²) in [6.07, 6.45) is 2.27. The van der Waals surface area contributed by atoms with E-state index in [2.05, 4.69) is 41.3 Å². The van der Waals surface area contributed by atoms with Gasteiger partial charge in [0.15, 0.2) is 11.4 Å². The Morgan fingerprint density at radius 3 is 2.26 bits per heavy atom. The van der Waals surface area contributed by atoms with Crippen LogP contribution in [0, 0.1) is 0 Å². The van der Waals surface area contributed by atoms with Crippen molar-refractivity contribution in [3.63, 3.8) is 0 Å². The minimum Gasteiger partial charge on any atom is -0.503 e. The van der Waals surface area contributed by atoms with Crippen LogP contribution < -0.4 is 5.43 Å². The van der Waals surface area contributed by atoms with Gasteiger partial charge in [0.1, 0.15) is 0 Å². The first-order valence-corrected chi connectivity index (χ1v) is 12.1. The van der Waals surface area contributed by atoms with Gasteiger partial charge in [-0.25, -0.2) is 0 Å². The van der Waals surface area contributed by atoms with Gasteiger partial charge < -0.3 is 14.6 Å². The van der Waals surface area contributed by atoms with E-state index < -0.39 is 11.2 Å². The average Bonchev–Trinajstić information content (AvgIpc) is 3.68. The number of aromatic nitrogens is 1. The summed E-state index contributed by atoms with van der Waals surface area (Å²) in [7, 11) is 0. The monoisotopic (exact) mass is 457 g/mol. The summed E-state index contributed by atoms with van der Waals surface area (Å²) in [4.78, 5) is 29.7. The molecule has 6 heteroatoms. The fourth-order valence-electron chi connectivity index (χ4n) is 4.86. The molecule has 2 aromatic carbocycles. The van der Waals surface area contributed by atoms with Crippen molar-refractivity contribution < 1.29 is 9.90 Å². The molecular formula is C28H31N3O3. The molecule has 0 bridgehead atoms. The number of carbonyl (C=O) groups excluding carboxylic acids is 1. The summed E-state index contributed by atoms with van der Waals surface area (Å²) >= 11 is 0. The third-order valence-electron chi connectivity index (χ3n) is 6.90. The van der Waals surface area contributed by atoms with Gasteiger partial charge in [-0.05, 0) is 43.4 Å². The van der Waals surface area contributed by atoms with Gasteiger partial charge in [-0.1, -0.05) is 54.6 Å². The van der Waals surface area contributed by atoms with Gasteiger partial charge in [0, 0.05) is 50.0 Å². The molecule has 0 unspecified atom stereocenters. The standard InChI is InChI=1S/C28H31N3O3/c1-19(2)30-14-15-31-24(16-25(32)27(33)26(31)28(30)34)18-29(23-12-13-23)17-20-8-10-22(11-9-20)21-6-4-3-5-7-21/h3-11,16,19,23,33H,12-15,17-18H2,1-2H3.